The van der Waals surface area contributed by atoms with Crippen molar-refractivity contribution in [3.05, 3.63) is 36.2 Å². The van der Waals surface area contributed by atoms with E-state index in [1.54, 1.807) is 0 Å². The first-order chi connectivity index (χ1) is 15.1. The third-order valence-electron chi connectivity index (χ3n) is 7.51. The number of para-hydroxylation sites is 1. The average molecular weight is 442 g/mol. The van der Waals surface area contributed by atoms with E-state index in [1.807, 2.05) is 11.8 Å². The van der Waals surface area contributed by atoms with Crippen LogP contribution in [0, 0.1) is 5.41 Å². The zero-order chi connectivity index (χ0) is 21.3. The van der Waals surface area contributed by atoms with E-state index in [-0.39, 0.29) is 0 Å². The third-order valence-corrected chi connectivity index (χ3v) is 8.62. The third kappa shape index (κ3) is 4.37. The fraction of sp³-hybridized carbons (Fsp3) is 0.667. The molecule has 31 heavy (non-hydrogen) atoms. The number of fused-ring (bicyclic) bond motifs is 1. The lowest BCUT2D eigenvalue weighted by atomic mass is 9.85. The van der Waals surface area contributed by atoms with Crippen molar-refractivity contribution in [2.24, 2.45) is 12.5 Å². The van der Waals surface area contributed by atoms with Gasteiger partial charge < -0.3 is 19.1 Å². The molecule has 168 valence electrons. The van der Waals surface area contributed by atoms with Gasteiger partial charge in [0.05, 0.1) is 0 Å². The van der Waals surface area contributed by atoms with E-state index in [1.165, 1.54) is 44.7 Å². The minimum Gasteiger partial charge on any atom is -0.381 e. The number of benzene rings is 1. The highest BCUT2D eigenvalue weighted by molar-refractivity contribution is 7.99. The van der Waals surface area contributed by atoms with Crippen molar-refractivity contribution in [3.8, 4) is 0 Å². The number of nitrogens with zero attached hydrogens (tertiary/aromatic N) is 5. The number of hydrogen-bond donors (Lipinski definition) is 0. The number of ether oxygens (including phenoxy) is 1. The van der Waals surface area contributed by atoms with Gasteiger partial charge in [-0.25, -0.2) is 0 Å². The van der Waals surface area contributed by atoms with Crippen molar-refractivity contribution >= 4 is 17.4 Å². The summed E-state index contributed by atoms with van der Waals surface area (Å²) in [6, 6.07) is 11.6. The molecule has 3 saturated heterocycles. The van der Waals surface area contributed by atoms with Crippen LogP contribution in [0.5, 0.6) is 0 Å². The summed E-state index contributed by atoms with van der Waals surface area (Å²) >= 11 is 1.85. The van der Waals surface area contributed by atoms with Gasteiger partial charge in [-0.3, -0.25) is 0 Å². The molecular formula is C24H35N5OS. The normalized spacial score (nSPS) is 27.2. The van der Waals surface area contributed by atoms with Gasteiger partial charge in [-0.1, -0.05) is 36.9 Å². The van der Waals surface area contributed by atoms with Crippen LogP contribution in [0.4, 0.5) is 5.69 Å². The monoisotopic (exact) mass is 441 g/mol. The Bertz CT molecular complexity index is 868. The molecule has 3 aliphatic rings. The van der Waals surface area contributed by atoms with Crippen LogP contribution in [0.15, 0.2) is 35.5 Å². The lowest BCUT2D eigenvalue weighted by molar-refractivity contribution is 0.0828. The first-order valence-electron chi connectivity index (χ1n) is 11.8. The number of anilines is 1. The summed E-state index contributed by atoms with van der Waals surface area (Å²) in [6.07, 6.45) is 4.61. The molecule has 2 atom stereocenters. The van der Waals surface area contributed by atoms with Crippen molar-refractivity contribution < 1.29 is 4.74 Å². The second-order valence-electron chi connectivity index (χ2n) is 9.67. The van der Waals surface area contributed by atoms with Gasteiger partial charge in [-0.15, -0.1) is 10.2 Å². The lowest BCUT2D eigenvalue weighted by Crippen LogP contribution is -2.37. The molecule has 0 radical (unpaired) electrons. The van der Waals surface area contributed by atoms with Crippen molar-refractivity contribution in [1.82, 2.24) is 19.7 Å². The summed E-state index contributed by atoms with van der Waals surface area (Å²) in [4.78, 5) is 5.33. The summed E-state index contributed by atoms with van der Waals surface area (Å²) in [5.41, 5.74) is 1.81. The van der Waals surface area contributed by atoms with Gasteiger partial charge in [-0.05, 0) is 44.4 Å². The van der Waals surface area contributed by atoms with E-state index in [0.29, 0.717) is 17.4 Å². The van der Waals surface area contributed by atoms with E-state index in [4.69, 9.17) is 4.74 Å². The minimum absolute atomic E-state index is 0.422. The van der Waals surface area contributed by atoms with Crippen molar-refractivity contribution in [1.29, 1.82) is 0 Å². The van der Waals surface area contributed by atoms with Crippen molar-refractivity contribution in [3.63, 3.8) is 0 Å². The predicted molar refractivity (Wildman–Crippen MR) is 126 cm³/mol. The molecule has 0 amide bonds. The summed E-state index contributed by atoms with van der Waals surface area (Å²) in [6.45, 7) is 8.96. The molecule has 0 N–H and O–H groups in total. The molecular weight excluding hydrogens is 406 g/mol. The molecule has 0 bridgehead atoms. The Morgan fingerprint density at radius 3 is 2.77 bits per heavy atom. The van der Waals surface area contributed by atoms with Crippen LogP contribution < -0.4 is 4.90 Å². The molecule has 6 nitrogen and oxygen atoms in total. The molecule has 4 heterocycles. The van der Waals surface area contributed by atoms with Crippen LogP contribution in [0.2, 0.25) is 0 Å². The minimum atomic E-state index is 0.422. The van der Waals surface area contributed by atoms with Crippen LogP contribution in [0.3, 0.4) is 0 Å². The molecule has 7 heteroatoms. The molecule has 3 fully saturated rings. The maximum absolute atomic E-state index is 5.49. The zero-order valence-corrected chi connectivity index (χ0v) is 19.7. The number of thioether (sulfide) groups is 1. The standard InChI is InChI=1S/C24H35N5OS/c1-24-11-13-29(20-7-4-3-5-8-20)21(24)17-28(18-24)12-6-16-31-23-26-25-22(27(23)2)19-9-14-30-15-10-19/h3-5,7-8,19,21H,6,9-18H2,1-2H3/t21-,24+/m0/s1. The smallest absolute Gasteiger partial charge is 0.190 e. The van der Waals surface area contributed by atoms with Gasteiger partial charge in [0.1, 0.15) is 5.82 Å². The van der Waals surface area contributed by atoms with Gasteiger partial charge in [0, 0.05) is 68.7 Å². The number of hydrogen-bond acceptors (Lipinski definition) is 6. The first kappa shape index (κ1) is 21.3. The number of aromatic nitrogens is 3. The fourth-order valence-corrected chi connectivity index (χ4v) is 6.55. The molecule has 1 aromatic heterocycles. The molecule has 1 aromatic carbocycles. The highest BCUT2D eigenvalue weighted by Crippen LogP contribution is 2.44. The van der Waals surface area contributed by atoms with E-state index >= 15 is 0 Å². The van der Waals surface area contributed by atoms with Crippen LogP contribution in [-0.4, -0.2) is 70.9 Å². The van der Waals surface area contributed by atoms with Gasteiger partial charge in [0.25, 0.3) is 0 Å². The summed E-state index contributed by atoms with van der Waals surface area (Å²) in [7, 11) is 2.12. The predicted octanol–water partition coefficient (Wildman–Crippen LogP) is 3.79. The van der Waals surface area contributed by atoms with Gasteiger partial charge in [0.2, 0.25) is 0 Å². The highest BCUT2D eigenvalue weighted by atomic mass is 32.2. The van der Waals surface area contributed by atoms with Crippen molar-refractivity contribution in [2.45, 2.75) is 49.7 Å². The molecule has 0 saturated carbocycles. The van der Waals surface area contributed by atoms with Gasteiger partial charge >= 0.3 is 0 Å². The topological polar surface area (TPSA) is 46.4 Å². The highest BCUT2D eigenvalue weighted by Gasteiger charge is 2.49. The Kier molecular flexibility index (Phi) is 6.26. The molecule has 3 aliphatic heterocycles. The summed E-state index contributed by atoms with van der Waals surface area (Å²) in [5, 5.41) is 10.0. The Balaban J connectivity index is 1.11. The van der Waals surface area contributed by atoms with Crippen LogP contribution in [-0.2, 0) is 11.8 Å². The summed E-state index contributed by atoms with van der Waals surface area (Å²) in [5.74, 6) is 2.73. The van der Waals surface area contributed by atoms with Gasteiger partial charge in [-0.2, -0.15) is 0 Å². The van der Waals surface area contributed by atoms with E-state index in [2.05, 4.69) is 68.9 Å². The van der Waals surface area contributed by atoms with Crippen LogP contribution in [0.1, 0.15) is 44.3 Å². The Hall–Kier alpha value is -1.57. The fourth-order valence-electron chi connectivity index (χ4n) is 5.71. The number of rotatable bonds is 7. The van der Waals surface area contributed by atoms with E-state index < -0.39 is 0 Å². The average Bonchev–Trinajstić information content (AvgIpc) is 3.42. The maximum Gasteiger partial charge on any atom is 0.190 e. The zero-order valence-electron chi connectivity index (χ0n) is 18.9. The second-order valence-corrected chi connectivity index (χ2v) is 10.7. The molecule has 0 spiro atoms. The Labute approximate surface area is 190 Å². The van der Waals surface area contributed by atoms with Gasteiger partial charge in [0.15, 0.2) is 5.16 Å². The largest absolute Gasteiger partial charge is 0.381 e. The Morgan fingerprint density at radius 1 is 1.16 bits per heavy atom. The maximum atomic E-state index is 5.49. The molecule has 0 unspecified atom stereocenters. The molecule has 2 aromatic rings. The quantitative estimate of drug-likeness (QED) is 0.481. The first-order valence-corrected chi connectivity index (χ1v) is 12.8. The molecule has 5 rings (SSSR count). The summed E-state index contributed by atoms with van der Waals surface area (Å²) < 4.78 is 7.70. The van der Waals surface area contributed by atoms with Crippen LogP contribution >= 0.6 is 11.8 Å². The lowest BCUT2D eigenvalue weighted by Gasteiger charge is -2.29. The Morgan fingerprint density at radius 2 is 1.97 bits per heavy atom. The molecule has 0 aliphatic carbocycles. The van der Waals surface area contributed by atoms with Crippen molar-refractivity contribution in [2.75, 3.05) is 50.0 Å². The SMILES string of the molecule is Cn1c(SCCCN2C[C@@H]3N(c4ccccc4)CC[C@]3(C)C2)nnc1C1CCOCC1. The second kappa shape index (κ2) is 9.12. The van der Waals surface area contributed by atoms with E-state index in [0.717, 1.165) is 42.8 Å². The van der Waals surface area contributed by atoms with E-state index in [9.17, 15) is 0 Å². The van der Waals surface area contributed by atoms with Crippen LogP contribution in [0.25, 0.3) is 0 Å². The number of likely N-dealkylation sites (tertiary alicyclic amines) is 1.